The second kappa shape index (κ2) is 10.7. The number of piperidine rings is 2. The highest BCUT2D eigenvalue weighted by molar-refractivity contribution is 5.94. The Morgan fingerprint density at radius 1 is 1.10 bits per heavy atom. The van der Waals surface area contributed by atoms with Crippen LogP contribution in [0.4, 0.5) is 5.69 Å². The summed E-state index contributed by atoms with van der Waals surface area (Å²) in [5.74, 6) is 0.0273. The van der Waals surface area contributed by atoms with Gasteiger partial charge in [-0.25, -0.2) is 0 Å². The van der Waals surface area contributed by atoms with Crippen LogP contribution in [0.1, 0.15) is 48.0 Å². The predicted molar refractivity (Wildman–Crippen MR) is 123 cm³/mol. The van der Waals surface area contributed by atoms with Crippen LogP contribution in [0, 0.1) is 0 Å². The Morgan fingerprint density at radius 2 is 1.90 bits per heavy atom. The van der Waals surface area contributed by atoms with E-state index in [4.69, 9.17) is 0 Å². The molecule has 2 N–H and O–H groups in total. The van der Waals surface area contributed by atoms with Crippen LogP contribution >= 0.6 is 0 Å². The van der Waals surface area contributed by atoms with E-state index in [-0.39, 0.29) is 12.0 Å². The summed E-state index contributed by atoms with van der Waals surface area (Å²) in [6.07, 6.45) is 9.53. The number of aliphatic hydroxyl groups excluding tert-OH is 1. The molecule has 0 bridgehead atoms. The number of β-amino-alcohol motifs (C(OH)–C–C–N with tert-alkyl or cyclic N) is 1. The van der Waals surface area contributed by atoms with Crippen molar-refractivity contribution in [1.29, 1.82) is 0 Å². The van der Waals surface area contributed by atoms with Crippen LogP contribution < -0.4 is 10.2 Å². The lowest BCUT2D eigenvalue weighted by Gasteiger charge is -2.34. The predicted octanol–water partition coefficient (Wildman–Crippen LogP) is 2.87. The summed E-state index contributed by atoms with van der Waals surface area (Å²) in [4.78, 5) is 21.0. The van der Waals surface area contributed by atoms with Gasteiger partial charge in [-0.15, -0.1) is 0 Å². The quantitative estimate of drug-likeness (QED) is 0.672. The molecule has 0 spiro atoms. The van der Waals surface area contributed by atoms with Gasteiger partial charge in [0.25, 0.3) is 5.91 Å². The highest BCUT2D eigenvalue weighted by Crippen LogP contribution is 2.22. The lowest BCUT2D eigenvalue weighted by molar-refractivity contribution is 0.0474. The first kappa shape index (κ1) is 21.8. The van der Waals surface area contributed by atoms with Gasteiger partial charge in [-0.05, 0) is 81.0 Å². The molecule has 2 aliphatic heterocycles. The largest absolute Gasteiger partial charge is 0.391 e. The lowest BCUT2D eigenvalue weighted by atomic mass is 10.0. The van der Waals surface area contributed by atoms with Crippen molar-refractivity contribution < 1.29 is 9.90 Å². The number of anilines is 1. The summed E-state index contributed by atoms with van der Waals surface area (Å²) < 4.78 is 0. The van der Waals surface area contributed by atoms with Crippen LogP contribution in [0.5, 0.6) is 0 Å². The number of amides is 1. The van der Waals surface area contributed by atoms with Crippen LogP contribution in [0.3, 0.4) is 0 Å². The highest BCUT2D eigenvalue weighted by Gasteiger charge is 2.23. The minimum atomic E-state index is -0.387. The Morgan fingerprint density at radius 3 is 2.61 bits per heavy atom. The zero-order chi connectivity index (χ0) is 21.5. The van der Waals surface area contributed by atoms with Gasteiger partial charge in [0, 0.05) is 55.9 Å². The lowest BCUT2D eigenvalue weighted by Crippen LogP contribution is -2.43. The maximum atomic E-state index is 12.7. The van der Waals surface area contributed by atoms with Crippen LogP contribution in [0.2, 0.25) is 0 Å². The minimum Gasteiger partial charge on any atom is -0.391 e. The number of aliphatic hydroxyl groups is 1. The van der Waals surface area contributed by atoms with Gasteiger partial charge in [0.2, 0.25) is 0 Å². The molecule has 166 valence electrons. The second-order valence-electron chi connectivity index (χ2n) is 8.77. The molecular formula is C25H34N4O2. The van der Waals surface area contributed by atoms with Crippen LogP contribution in [0.15, 0.2) is 48.8 Å². The number of hydrogen-bond donors (Lipinski definition) is 2. The summed E-state index contributed by atoms with van der Waals surface area (Å²) in [5, 5.41) is 13.5. The monoisotopic (exact) mass is 422 g/mol. The number of carbonyl (C=O) groups excluding carboxylic acids is 1. The molecule has 31 heavy (non-hydrogen) atoms. The van der Waals surface area contributed by atoms with Gasteiger partial charge in [0.15, 0.2) is 0 Å². The van der Waals surface area contributed by atoms with Crippen molar-refractivity contribution in [2.75, 3.05) is 37.6 Å². The molecule has 1 atom stereocenters. The minimum absolute atomic E-state index is 0.0273. The van der Waals surface area contributed by atoms with Crippen molar-refractivity contribution in [3.63, 3.8) is 0 Å². The zero-order valence-corrected chi connectivity index (χ0v) is 18.2. The summed E-state index contributed by atoms with van der Waals surface area (Å²) in [6.45, 7) is 4.29. The first-order valence-corrected chi connectivity index (χ1v) is 11.6. The van der Waals surface area contributed by atoms with Gasteiger partial charge >= 0.3 is 0 Å². The number of benzene rings is 1. The van der Waals surface area contributed by atoms with Crippen molar-refractivity contribution in [3.05, 3.63) is 59.9 Å². The van der Waals surface area contributed by atoms with Gasteiger partial charge in [-0.2, -0.15) is 0 Å². The number of aromatic nitrogens is 1. The van der Waals surface area contributed by atoms with Crippen molar-refractivity contribution in [2.45, 2.75) is 50.7 Å². The van der Waals surface area contributed by atoms with Crippen molar-refractivity contribution in [3.8, 4) is 0 Å². The zero-order valence-electron chi connectivity index (χ0n) is 18.2. The fourth-order valence-electron chi connectivity index (χ4n) is 4.62. The Kier molecular flexibility index (Phi) is 7.54. The molecule has 6 nitrogen and oxygen atoms in total. The number of hydrogen-bond acceptors (Lipinski definition) is 5. The van der Waals surface area contributed by atoms with Gasteiger partial charge in [0.1, 0.15) is 0 Å². The molecular weight excluding hydrogens is 388 g/mol. The molecule has 2 aromatic rings. The Bertz CT molecular complexity index is 819. The second-order valence-corrected chi connectivity index (χ2v) is 8.77. The van der Waals surface area contributed by atoms with E-state index in [0.717, 1.165) is 64.7 Å². The van der Waals surface area contributed by atoms with E-state index < -0.39 is 0 Å². The summed E-state index contributed by atoms with van der Waals surface area (Å²) in [7, 11) is 0. The van der Waals surface area contributed by atoms with E-state index in [1.165, 1.54) is 11.3 Å². The first-order valence-electron chi connectivity index (χ1n) is 11.6. The molecule has 2 fully saturated rings. The Hall–Kier alpha value is -2.44. The number of nitrogens with one attached hydrogen (secondary N) is 1. The summed E-state index contributed by atoms with van der Waals surface area (Å²) >= 11 is 0. The standard InChI is InChI=1S/C25H34N4O2/c30-24-6-3-15-29(19-24)25(31)21-7-9-23(10-8-21)28-16-11-22(12-17-28)27-14-2-5-20-4-1-13-26-18-20/h1,4,7-10,13,18,22,24,27,30H,2-3,5-6,11-12,14-17,19H2/t24-/m1/s1. The molecule has 0 unspecified atom stereocenters. The average Bonchev–Trinajstić information content (AvgIpc) is 2.83. The van der Waals surface area contributed by atoms with Crippen molar-refractivity contribution >= 4 is 11.6 Å². The molecule has 1 amide bonds. The number of nitrogens with zero attached hydrogens (tertiary/aromatic N) is 3. The maximum absolute atomic E-state index is 12.7. The highest BCUT2D eigenvalue weighted by atomic mass is 16.3. The SMILES string of the molecule is O=C(c1ccc(N2CCC(NCCCc3cccnc3)CC2)cc1)N1CCC[C@@H](O)C1. The van der Waals surface area contributed by atoms with E-state index in [9.17, 15) is 9.90 Å². The average molecular weight is 423 g/mol. The van der Waals surface area contributed by atoms with E-state index in [2.05, 4.69) is 33.4 Å². The van der Waals surface area contributed by atoms with E-state index in [1.54, 1.807) is 4.90 Å². The van der Waals surface area contributed by atoms with E-state index in [1.807, 2.05) is 30.6 Å². The first-order chi connectivity index (χ1) is 15.2. The third-order valence-corrected chi connectivity index (χ3v) is 6.46. The fourth-order valence-corrected chi connectivity index (χ4v) is 4.62. The number of likely N-dealkylation sites (tertiary alicyclic amines) is 1. The van der Waals surface area contributed by atoms with Crippen molar-refractivity contribution in [2.24, 2.45) is 0 Å². The molecule has 1 aromatic carbocycles. The molecule has 2 aliphatic rings. The molecule has 0 radical (unpaired) electrons. The Labute approximate surface area is 185 Å². The van der Waals surface area contributed by atoms with Crippen LogP contribution in [0.25, 0.3) is 0 Å². The van der Waals surface area contributed by atoms with Gasteiger partial charge < -0.3 is 20.2 Å². The van der Waals surface area contributed by atoms with Crippen LogP contribution in [-0.2, 0) is 6.42 Å². The van der Waals surface area contributed by atoms with Gasteiger partial charge in [0.05, 0.1) is 6.10 Å². The normalized spacial score (nSPS) is 20.1. The maximum Gasteiger partial charge on any atom is 0.253 e. The third-order valence-electron chi connectivity index (χ3n) is 6.46. The smallest absolute Gasteiger partial charge is 0.253 e. The molecule has 3 heterocycles. The molecule has 6 heteroatoms. The number of rotatable bonds is 7. The molecule has 2 saturated heterocycles. The Balaban J connectivity index is 1.19. The van der Waals surface area contributed by atoms with Crippen molar-refractivity contribution in [1.82, 2.24) is 15.2 Å². The number of pyridine rings is 1. The topological polar surface area (TPSA) is 68.7 Å². The number of aryl methyl sites for hydroxylation is 1. The molecule has 0 saturated carbocycles. The molecule has 0 aliphatic carbocycles. The van der Waals surface area contributed by atoms with Crippen LogP contribution in [-0.4, -0.2) is 65.8 Å². The summed E-state index contributed by atoms with van der Waals surface area (Å²) in [6, 6.07) is 12.7. The molecule has 4 rings (SSSR count). The fraction of sp³-hybridized carbons (Fsp3) is 0.520. The van der Waals surface area contributed by atoms with Gasteiger partial charge in [-0.1, -0.05) is 6.07 Å². The van der Waals surface area contributed by atoms with Gasteiger partial charge in [-0.3, -0.25) is 9.78 Å². The summed E-state index contributed by atoms with van der Waals surface area (Å²) in [5.41, 5.74) is 3.20. The van der Waals surface area contributed by atoms with E-state index >= 15 is 0 Å². The molecule has 1 aromatic heterocycles. The third kappa shape index (κ3) is 6.05. The van der Waals surface area contributed by atoms with E-state index in [0.29, 0.717) is 18.2 Å². The number of carbonyl (C=O) groups is 1.